The van der Waals surface area contributed by atoms with Crippen LogP contribution in [-0.2, 0) is 11.3 Å². The van der Waals surface area contributed by atoms with Crippen molar-refractivity contribution in [3.63, 3.8) is 0 Å². The lowest BCUT2D eigenvalue weighted by molar-refractivity contribution is -0.131. The summed E-state index contributed by atoms with van der Waals surface area (Å²) >= 11 is 0. The molecule has 2 fully saturated rings. The average Bonchev–Trinajstić information content (AvgIpc) is 3.41. The van der Waals surface area contributed by atoms with Crippen molar-refractivity contribution in [2.45, 2.75) is 37.9 Å². The number of piperidine rings is 1. The quantitative estimate of drug-likeness (QED) is 0.363. The van der Waals surface area contributed by atoms with E-state index in [1.807, 2.05) is 0 Å². The third kappa shape index (κ3) is 4.13. The lowest BCUT2D eigenvalue weighted by Crippen LogP contribution is -2.61. The molecule has 9 nitrogen and oxygen atoms in total. The molecule has 6 rings (SSSR count). The number of hydrogen-bond donors (Lipinski definition) is 1. The number of aryl methyl sites for hydroxylation is 2. The van der Waals surface area contributed by atoms with Gasteiger partial charge in [-0.3, -0.25) is 4.90 Å². The van der Waals surface area contributed by atoms with Gasteiger partial charge in [0.15, 0.2) is 5.82 Å². The maximum absolute atomic E-state index is 15.0. The van der Waals surface area contributed by atoms with Crippen LogP contribution in [0.2, 0.25) is 0 Å². The first kappa shape index (κ1) is 24.9. The van der Waals surface area contributed by atoms with Crippen LogP contribution < -0.4 is 10.1 Å². The molecule has 38 heavy (non-hydrogen) atoms. The number of aromatic nitrogens is 5. The highest BCUT2D eigenvalue weighted by molar-refractivity contribution is 5.90. The van der Waals surface area contributed by atoms with Crippen molar-refractivity contribution in [3.8, 4) is 17.0 Å². The molecule has 1 aromatic carbocycles. The van der Waals surface area contributed by atoms with Crippen LogP contribution in [0.15, 0.2) is 24.4 Å². The number of nitrogens with zero attached hydrogens (tertiary/aromatic N) is 6. The first-order valence-corrected chi connectivity index (χ1v) is 12.4. The van der Waals surface area contributed by atoms with Crippen molar-refractivity contribution in [1.29, 1.82) is 0 Å². The second-order valence-electron chi connectivity index (χ2n) is 9.70. The molecule has 1 atom stereocenters. The van der Waals surface area contributed by atoms with E-state index >= 15 is 4.39 Å². The molecule has 1 N–H and O–H groups in total. The van der Waals surface area contributed by atoms with Gasteiger partial charge < -0.3 is 19.4 Å². The summed E-state index contributed by atoms with van der Waals surface area (Å²) < 4.78 is 71.9. The molecule has 0 spiro atoms. The van der Waals surface area contributed by atoms with E-state index in [0.29, 0.717) is 47.7 Å². The van der Waals surface area contributed by atoms with E-state index in [2.05, 4.69) is 20.4 Å². The molecule has 2 aliphatic rings. The minimum absolute atomic E-state index is 0.000109. The number of likely N-dealkylation sites (tertiary alicyclic amines) is 1. The number of benzene rings is 1. The van der Waals surface area contributed by atoms with Gasteiger partial charge in [0, 0.05) is 18.3 Å². The molecule has 0 bridgehead atoms. The predicted octanol–water partition coefficient (Wildman–Crippen LogP) is 3.69. The van der Waals surface area contributed by atoms with Crippen molar-refractivity contribution in [2.75, 3.05) is 45.4 Å². The Morgan fingerprint density at radius 2 is 2.05 bits per heavy atom. The van der Waals surface area contributed by atoms with Gasteiger partial charge in [0.25, 0.3) is 5.92 Å². The summed E-state index contributed by atoms with van der Waals surface area (Å²) in [6.45, 7) is 2.26. The topological polar surface area (TPSA) is 81.7 Å². The number of rotatable bonds is 7. The summed E-state index contributed by atoms with van der Waals surface area (Å²) in [5.41, 5.74) is 2.14. The monoisotopic (exact) mass is 533 g/mol. The third-order valence-corrected chi connectivity index (χ3v) is 7.36. The molecule has 4 aromatic rings. The van der Waals surface area contributed by atoms with Crippen molar-refractivity contribution >= 4 is 22.5 Å². The first-order chi connectivity index (χ1) is 18.3. The summed E-state index contributed by atoms with van der Waals surface area (Å²) in [5, 5.41) is 7.20. The minimum Gasteiger partial charge on any atom is -0.479 e. The zero-order chi connectivity index (χ0) is 26.6. The van der Waals surface area contributed by atoms with Crippen LogP contribution in [-0.4, -0.2) is 87.1 Å². The Hall–Kier alpha value is -3.45. The largest absolute Gasteiger partial charge is 0.479 e. The molecule has 5 heterocycles. The molecule has 0 saturated carbocycles. The van der Waals surface area contributed by atoms with Crippen LogP contribution in [0.4, 0.5) is 23.5 Å². The molecule has 0 unspecified atom stereocenters. The maximum Gasteiger partial charge on any atom is 0.280 e. The lowest BCUT2D eigenvalue weighted by Gasteiger charge is -2.44. The fraction of sp³-hybridized carbons (Fsp3) is 0.480. The smallest absolute Gasteiger partial charge is 0.280 e. The van der Waals surface area contributed by atoms with E-state index in [-0.39, 0.29) is 42.9 Å². The number of fused-ring (bicyclic) bond motifs is 2. The van der Waals surface area contributed by atoms with Crippen molar-refractivity contribution in [3.05, 3.63) is 36.0 Å². The molecular formula is C25H27F4N7O2. The van der Waals surface area contributed by atoms with E-state index in [9.17, 15) is 13.2 Å². The molecule has 13 heteroatoms. The van der Waals surface area contributed by atoms with Crippen molar-refractivity contribution in [1.82, 2.24) is 29.0 Å². The third-order valence-electron chi connectivity index (χ3n) is 7.36. The van der Waals surface area contributed by atoms with Crippen LogP contribution in [0.1, 0.15) is 12.2 Å². The predicted molar refractivity (Wildman–Crippen MR) is 132 cm³/mol. The molecule has 0 aliphatic carbocycles. The highest BCUT2D eigenvalue weighted by Gasteiger charge is 2.47. The fourth-order valence-corrected chi connectivity index (χ4v) is 5.29. The molecule has 0 amide bonds. The van der Waals surface area contributed by atoms with Gasteiger partial charge in [0.1, 0.15) is 23.5 Å². The van der Waals surface area contributed by atoms with Crippen molar-refractivity contribution in [2.24, 2.45) is 0 Å². The van der Waals surface area contributed by atoms with E-state index in [1.165, 1.54) is 17.7 Å². The minimum atomic E-state index is -2.99. The molecule has 3 aromatic heterocycles. The second-order valence-corrected chi connectivity index (χ2v) is 9.70. The molecular weight excluding hydrogens is 506 g/mol. The number of alkyl halides is 3. The Morgan fingerprint density at radius 1 is 1.24 bits per heavy atom. The number of hydrogen-bond acceptors (Lipinski definition) is 7. The number of halogens is 4. The van der Waals surface area contributed by atoms with Crippen LogP contribution in [0.25, 0.3) is 27.7 Å². The summed E-state index contributed by atoms with van der Waals surface area (Å²) in [7, 11) is 1.42. The zero-order valence-corrected chi connectivity index (χ0v) is 20.9. The van der Waals surface area contributed by atoms with Gasteiger partial charge in [-0.25, -0.2) is 27.1 Å². The highest BCUT2D eigenvalue weighted by atomic mass is 19.3. The Labute approximate surface area is 215 Å². The van der Waals surface area contributed by atoms with Gasteiger partial charge in [-0.2, -0.15) is 4.98 Å². The Balaban J connectivity index is 1.33. The van der Waals surface area contributed by atoms with Gasteiger partial charge >= 0.3 is 0 Å². The highest BCUT2D eigenvalue weighted by Crippen LogP contribution is 2.36. The SMILES string of the molecule is COc1nc(N[C@@H]2CCN(C3COC3)CC2(F)F)nn2ccc(-c3cc(F)c4nc(C)n(CCF)c4c3)c12. The number of imidazole rings is 1. The van der Waals surface area contributed by atoms with Gasteiger partial charge in [0.2, 0.25) is 11.8 Å². The zero-order valence-electron chi connectivity index (χ0n) is 20.9. The summed E-state index contributed by atoms with van der Waals surface area (Å²) in [6.07, 6.45) is 1.85. The first-order valence-electron chi connectivity index (χ1n) is 12.4. The lowest BCUT2D eigenvalue weighted by atomic mass is 9.98. The van der Waals surface area contributed by atoms with E-state index < -0.39 is 24.5 Å². The second kappa shape index (κ2) is 9.38. The molecule has 202 valence electrons. The Kier molecular flexibility index (Phi) is 6.14. The molecule has 0 radical (unpaired) electrons. The van der Waals surface area contributed by atoms with Crippen LogP contribution in [0.5, 0.6) is 5.88 Å². The van der Waals surface area contributed by atoms with Gasteiger partial charge in [0.05, 0.1) is 51.0 Å². The molecule has 2 aliphatic heterocycles. The van der Waals surface area contributed by atoms with Crippen LogP contribution in [0.3, 0.4) is 0 Å². The number of nitrogens with one attached hydrogen (secondary N) is 1. The van der Waals surface area contributed by atoms with E-state index in [0.717, 1.165) is 0 Å². The summed E-state index contributed by atoms with van der Waals surface area (Å²) in [5.74, 6) is -2.88. The van der Waals surface area contributed by atoms with E-state index in [1.54, 1.807) is 34.7 Å². The Bertz CT molecular complexity index is 1500. The van der Waals surface area contributed by atoms with Gasteiger partial charge in [-0.1, -0.05) is 0 Å². The number of ether oxygens (including phenoxy) is 2. The number of methoxy groups -OCH3 is 1. The summed E-state index contributed by atoms with van der Waals surface area (Å²) in [6, 6.07) is 3.69. The van der Waals surface area contributed by atoms with E-state index in [4.69, 9.17) is 9.47 Å². The van der Waals surface area contributed by atoms with Crippen molar-refractivity contribution < 1.29 is 27.0 Å². The van der Waals surface area contributed by atoms with Gasteiger partial charge in [-0.15, -0.1) is 5.10 Å². The molecule has 2 saturated heterocycles. The van der Waals surface area contributed by atoms with Crippen LogP contribution in [0, 0.1) is 12.7 Å². The van der Waals surface area contributed by atoms with Crippen LogP contribution >= 0.6 is 0 Å². The van der Waals surface area contributed by atoms with Gasteiger partial charge in [-0.05, 0) is 37.1 Å². The summed E-state index contributed by atoms with van der Waals surface area (Å²) in [4.78, 5) is 10.4. The Morgan fingerprint density at radius 3 is 2.74 bits per heavy atom. The average molecular weight is 534 g/mol. The standard InChI is InChI=1S/C25H27F4N7O2/c1-14-30-21-18(27)9-15(10-19(21)35(14)8-5-26)17-3-7-36-22(17)23(37-2)32-24(33-36)31-20-4-6-34(13-25(20,28)29)16-11-38-12-16/h3,7,9-10,16,20H,4-6,8,11-13H2,1-2H3,(H,31,33)/t20-/m1/s1. The number of anilines is 1. The fourth-order valence-electron chi connectivity index (χ4n) is 5.29. The normalized spacial score (nSPS) is 20.2. The maximum atomic E-state index is 15.0.